The number of benzene rings is 1. The van der Waals surface area contributed by atoms with Gasteiger partial charge in [-0.15, -0.1) is 0 Å². The third kappa shape index (κ3) is 4.78. The molecule has 3 heteroatoms. The second-order valence-electron chi connectivity index (χ2n) is 5.23. The highest BCUT2D eigenvalue weighted by molar-refractivity contribution is 5.72. The van der Waals surface area contributed by atoms with Crippen molar-refractivity contribution in [3.05, 3.63) is 53.8 Å². The summed E-state index contributed by atoms with van der Waals surface area (Å²) in [6, 6.07) is 7.88. The van der Waals surface area contributed by atoms with E-state index in [9.17, 15) is 4.79 Å². The highest BCUT2D eigenvalue weighted by Gasteiger charge is 2.08. The molecule has 112 valence electrons. The van der Waals surface area contributed by atoms with E-state index < -0.39 is 0 Å². The molecule has 1 aromatic rings. The zero-order valence-electron chi connectivity index (χ0n) is 12.7. The Kier molecular flexibility index (Phi) is 5.61. The Morgan fingerprint density at radius 2 is 2.00 bits per heavy atom. The molecule has 0 amide bonds. The molecule has 0 fully saturated rings. The van der Waals surface area contributed by atoms with Gasteiger partial charge in [0.05, 0.1) is 0 Å². The molecule has 0 spiro atoms. The van der Waals surface area contributed by atoms with Crippen molar-refractivity contribution >= 4 is 5.97 Å². The van der Waals surface area contributed by atoms with E-state index in [-0.39, 0.29) is 12.6 Å². The van der Waals surface area contributed by atoms with Gasteiger partial charge in [0.25, 0.3) is 0 Å². The summed E-state index contributed by atoms with van der Waals surface area (Å²) < 4.78 is 10.7. The molecule has 0 aliphatic heterocycles. The molecule has 1 aliphatic rings. The molecule has 0 heterocycles. The van der Waals surface area contributed by atoms with Gasteiger partial charge in [-0.25, -0.2) is 4.79 Å². The lowest BCUT2D eigenvalue weighted by atomic mass is 9.99. The van der Waals surface area contributed by atoms with Gasteiger partial charge in [0.2, 0.25) is 0 Å². The lowest BCUT2D eigenvalue weighted by molar-refractivity contribution is -0.141. The van der Waals surface area contributed by atoms with Crippen LogP contribution in [0.1, 0.15) is 44.6 Å². The van der Waals surface area contributed by atoms with Gasteiger partial charge in [-0.1, -0.05) is 32.1 Å². The van der Waals surface area contributed by atoms with Gasteiger partial charge in [0.1, 0.15) is 11.5 Å². The highest BCUT2D eigenvalue weighted by atomic mass is 16.6. The normalized spacial score (nSPS) is 15.2. The molecule has 1 unspecified atom stereocenters. The second-order valence-corrected chi connectivity index (χ2v) is 5.23. The van der Waals surface area contributed by atoms with Crippen molar-refractivity contribution in [1.29, 1.82) is 0 Å². The van der Waals surface area contributed by atoms with E-state index in [2.05, 4.69) is 13.8 Å². The molecule has 0 aromatic heterocycles. The summed E-state index contributed by atoms with van der Waals surface area (Å²) in [6.45, 7) is 4.28. The van der Waals surface area contributed by atoms with Crippen LogP contribution in [0.5, 0.6) is 5.75 Å². The van der Waals surface area contributed by atoms with E-state index in [1.165, 1.54) is 5.56 Å². The average molecular weight is 286 g/mol. The number of hydrogen-bond donors (Lipinski definition) is 0. The van der Waals surface area contributed by atoms with Crippen LogP contribution in [0.25, 0.3) is 0 Å². The van der Waals surface area contributed by atoms with Crippen LogP contribution in [0.3, 0.4) is 0 Å². The first-order valence-electron chi connectivity index (χ1n) is 7.49. The maximum absolute atomic E-state index is 11.7. The van der Waals surface area contributed by atoms with Crippen LogP contribution in [0.2, 0.25) is 0 Å². The van der Waals surface area contributed by atoms with Crippen LogP contribution < -0.4 is 4.74 Å². The number of rotatable bonds is 6. The Bertz CT molecular complexity index is 526. The van der Waals surface area contributed by atoms with Gasteiger partial charge < -0.3 is 9.47 Å². The summed E-state index contributed by atoms with van der Waals surface area (Å²) in [5, 5.41) is 0. The van der Waals surface area contributed by atoms with Crippen molar-refractivity contribution in [2.24, 2.45) is 0 Å². The minimum absolute atomic E-state index is 0.0755. The van der Waals surface area contributed by atoms with E-state index in [1.54, 1.807) is 0 Å². The lowest BCUT2D eigenvalue weighted by Crippen LogP contribution is -2.14. The molecule has 1 aromatic carbocycles. The number of hydrogen-bond acceptors (Lipinski definition) is 3. The predicted molar refractivity (Wildman–Crippen MR) is 83.2 cm³/mol. The topological polar surface area (TPSA) is 35.5 Å². The Balaban J connectivity index is 1.81. The van der Waals surface area contributed by atoms with Crippen LogP contribution in [-0.4, -0.2) is 12.6 Å². The quantitative estimate of drug-likeness (QED) is 0.729. The highest BCUT2D eigenvalue weighted by Crippen LogP contribution is 2.21. The number of carbonyl (C=O) groups excluding carboxylic acids is 1. The first kappa shape index (κ1) is 15.4. The molecule has 1 atom stereocenters. The minimum atomic E-state index is -0.376. The van der Waals surface area contributed by atoms with Crippen molar-refractivity contribution in [1.82, 2.24) is 0 Å². The standard InChI is InChI=1S/C18H22O3/c1-3-14(2)15-9-11-16(12-10-15)20-13-18(19)21-17-7-5-4-6-8-17/h5,7-12,14H,3-4,6,13H2,1-2H3. The van der Waals surface area contributed by atoms with E-state index in [1.807, 2.05) is 42.5 Å². The molecule has 3 nitrogen and oxygen atoms in total. The van der Waals surface area contributed by atoms with Crippen molar-refractivity contribution in [2.75, 3.05) is 6.61 Å². The minimum Gasteiger partial charge on any atom is -0.482 e. The van der Waals surface area contributed by atoms with Crippen LogP contribution in [0, 0.1) is 0 Å². The van der Waals surface area contributed by atoms with Crippen LogP contribution in [-0.2, 0) is 9.53 Å². The second kappa shape index (κ2) is 7.67. The molecule has 21 heavy (non-hydrogen) atoms. The number of allylic oxidation sites excluding steroid dienone is 3. The molecule has 0 saturated carbocycles. The SMILES string of the molecule is CCC(C)c1ccc(OCC(=O)OC2=CCCC=C2)cc1. The van der Waals surface area contributed by atoms with E-state index >= 15 is 0 Å². The Morgan fingerprint density at radius 1 is 1.24 bits per heavy atom. The Labute approximate surface area is 126 Å². The number of esters is 1. The molecule has 0 saturated heterocycles. The van der Waals surface area contributed by atoms with Gasteiger partial charge in [-0.2, -0.15) is 0 Å². The Hall–Kier alpha value is -2.03. The summed E-state index contributed by atoms with van der Waals surface area (Å²) in [4.78, 5) is 11.7. The molecule has 0 bridgehead atoms. The number of ether oxygens (including phenoxy) is 2. The fourth-order valence-electron chi connectivity index (χ4n) is 2.10. The van der Waals surface area contributed by atoms with Gasteiger partial charge in [-0.05, 0) is 55.0 Å². The Morgan fingerprint density at radius 3 is 2.62 bits per heavy atom. The average Bonchev–Trinajstić information content (AvgIpc) is 2.53. The van der Waals surface area contributed by atoms with E-state index in [4.69, 9.17) is 9.47 Å². The van der Waals surface area contributed by atoms with Crippen molar-refractivity contribution < 1.29 is 14.3 Å². The molecular formula is C18H22O3. The summed E-state index contributed by atoms with van der Waals surface area (Å²) in [5.41, 5.74) is 1.28. The molecule has 0 radical (unpaired) electrons. The van der Waals surface area contributed by atoms with Gasteiger partial charge >= 0.3 is 5.97 Å². The monoisotopic (exact) mass is 286 g/mol. The summed E-state index contributed by atoms with van der Waals surface area (Å²) in [7, 11) is 0. The fraction of sp³-hybridized carbons (Fsp3) is 0.389. The third-order valence-electron chi connectivity index (χ3n) is 3.61. The summed E-state index contributed by atoms with van der Waals surface area (Å²) in [6.07, 6.45) is 8.75. The first-order valence-corrected chi connectivity index (χ1v) is 7.49. The fourth-order valence-corrected chi connectivity index (χ4v) is 2.10. The summed E-state index contributed by atoms with van der Waals surface area (Å²) >= 11 is 0. The largest absolute Gasteiger partial charge is 0.482 e. The molecule has 1 aliphatic carbocycles. The van der Waals surface area contributed by atoms with Gasteiger partial charge in [-0.3, -0.25) is 0 Å². The van der Waals surface area contributed by atoms with Crippen molar-refractivity contribution in [2.45, 2.75) is 39.0 Å². The van der Waals surface area contributed by atoms with Crippen molar-refractivity contribution in [3.63, 3.8) is 0 Å². The zero-order chi connectivity index (χ0) is 15.1. The van der Waals surface area contributed by atoms with Crippen LogP contribution in [0.4, 0.5) is 0 Å². The molecule has 0 N–H and O–H groups in total. The molecule has 2 rings (SSSR count). The zero-order valence-corrected chi connectivity index (χ0v) is 12.7. The summed E-state index contributed by atoms with van der Waals surface area (Å²) in [5.74, 6) is 1.46. The van der Waals surface area contributed by atoms with Gasteiger partial charge in [0.15, 0.2) is 6.61 Å². The van der Waals surface area contributed by atoms with Gasteiger partial charge in [0, 0.05) is 0 Å². The predicted octanol–water partition coefficient (Wildman–Crippen LogP) is 4.36. The number of carbonyl (C=O) groups is 1. The van der Waals surface area contributed by atoms with Crippen LogP contribution in [0.15, 0.2) is 48.3 Å². The van der Waals surface area contributed by atoms with E-state index in [0.717, 1.165) is 19.3 Å². The van der Waals surface area contributed by atoms with Crippen LogP contribution >= 0.6 is 0 Å². The lowest BCUT2D eigenvalue weighted by Gasteiger charge is -2.11. The van der Waals surface area contributed by atoms with Crippen molar-refractivity contribution in [3.8, 4) is 5.75 Å². The smallest absolute Gasteiger partial charge is 0.349 e. The molecular weight excluding hydrogens is 264 g/mol. The first-order chi connectivity index (χ1) is 10.2. The van der Waals surface area contributed by atoms with E-state index in [0.29, 0.717) is 17.4 Å². The maximum atomic E-state index is 11.7. The maximum Gasteiger partial charge on any atom is 0.349 e. The third-order valence-corrected chi connectivity index (χ3v) is 3.61.